The summed E-state index contributed by atoms with van der Waals surface area (Å²) >= 11 is 0. The van der Waals surface area contributed by atoms with Crippen molar-refractivity contribution in [3.05, 3.63) is 101 Å². The molecule has 0 aliphatic carbocycles. The normalized spacial score (nSPS) is 11.9. The zero-order chi connectivity index (χ0) is 18.9. The van der Waals surface area contributed by atoms with E-state index in [4.69, 9.17) is 4.74 Å². The lowest BCUT2D eigenvalue weighted by molar-refractivity contribution is 0.306. The van der Waals surface area contributed by atoms with Gasteiger partial charge in [-0.2, -0.15) is 0 Å². The van der Waals surface area contributed by atoms with Gasteiger partial charge in [-0.3, -0.25) is 0 Å². The summed E-state index contributed by atoms with van der Waals surface area (Å²) < 4.78 is 5.88. The summed E-state index contributed by atoms with van der Waals surface area (Å²) in [4.78, 5) is 0. The summed E-state index contributed by atoms with van der Waals surface area (Å²) in [6, 6.07) is 28.0. The minimum atomic E-state index is 0.489. The fourth-order valence-corrected chi connectivity index (χ4v) is 2.98. The molecule has 0 unspecified atom stereocenters. The molecule has 0 saturated heterocycles. The van der Waals surface area contributed by atoms with Gasteiger partial charge >= 0.3 is 0 Å². The minimum Gasteiger partial charge on any atom is -0.489 e. The van der Waals surface area contributed by atoms with Crippen molar-refractivity contribution in [2.45, 2.75) is 45.9 Å². The van der Waals surface area contributed by atoms with E-state index in [0.29, 0.717) is 12.6 Å². The fourth-order valence-electron chi connectivity index (χ4n) is 2.98. The zero-order valence-corrected chi connectivity index (χ0v) is 16.3. The van der Waals surface area contributed by atoms with Gasteiger partial charge in [0.2, 0.25) is 0 Å². The Morgan fingerprint density at radius 1 is 0.778 bits per heavy atom. The minimum absolute atomic E-state index is 0.489. The standard InChI is InChI=1S/C25H29NO/c1-20-8-11-24(12-9-20)19-27-25-16-14-23(15-17-25)18-26-21(2)10-13-22-6-4-3-5-7-22/h3-9,11-12,14-17,21,26H,10,13,18-19H2,1-2H3/t21-/m1/s1. The first-order valence-corrected chi connectivity index (χ1v) is 9.73. The van der Waals surface area contributed by atoms with Gasteiger partial charge in [0.15, 0.2) is 0 Å². The van der Waals surface area contributed by atoms with Crippen LogP contribution in [0.4, 0.5) is 0 Å². The highest BCUT2D eigenvalue weighted by Gasteiger charge is 2.03. The lowest BCUT2D eigenvalue weighted by atomic mass is 10.1. The predicted molar refractivity (Wildman–Crippen MR) is 113 cm³/mol. The molecule has 0 spiro atoms. The van der Waals surface area contributed by atoms with Gasteiger partial charge in [-0.05, 0) is 55.5 Å². The maximum Gasteiger partial charge on any atom is 0.119 e. The van der Waals surface area contributed by atoms with Crippen LogP contribution in [0, 0.1) is 6.92 Å². The van der Waals surface area contributed by atoms with Crippen molar-refractivity contribution in [3.63, 3.8) is 0 Å². The van der Waals surface area contributed by atoms with Gasteiger partial charge in [0.25, 0.3) is 0 Å². The molecular weight excluding hydrogens is 330 g/mol. The highest BCUT2D eigenvalue weighted by atomic mass is 16.5. The van der Waals surface area contributed by atoms with E-state index >= 15 is 0 Å². The number of ether oxygens (including phenoxy) is 1. The Hall–Kier alpha value is -2.58. The van der Waals surface area contributed by atoms with E-state index in [9.17, 15) is 0 Å². The molecule has 1 N–H and O–H groups in total. The molecule has 2 heteroatoms. The SMILES string of the molecule is Cc1ccc(COc2ccc(CN[C@H](C)CCc3ccccc3)cc2)cc1. The van der Waals surface area contributed by atoms with E-state index in [1.807, 2.05) is 0 Å². The van der Waals surface area contributed by atoms with Crippen LogP contribution >= 0.6 is 0 Å². The number of nitrogens with one attached hydrogen (secondary N) is 1. The molecule has 0 amide bonds. The molecule has 0 aliphatic heterocycles. The first-order chi connectivity index (χ1) is 13.2. The third kappa shape index (κ3) is 6.58. The Morgan fingerprint density at radius 3 is 2.15 bits per heavy atom. The average Bonchev–Trinajstić information content (AvgIpc) is 2.72. The highest BCUT2D eigenvalue weighted by Crippen LogP contribution is 2.15. The second-order valence-corrected chi connectivity index (χ2v) is 7.22. The van der Waals surface area contributed by atoms with Crippen molar-refractivity contribution in [2.24, 2.45) is 0 Å². The van der Waals surface area contributed by atoms with Gasteiger partial charge in [0.05, 0.1) is 0 Å². The van der Waals surface area contributed by atoms with E-state index in [2.05, 4.69) is 98.0 Å². The van der Waals surface area contributed by atoms with Crippen LogP contribution in [0.5, 0.6) is 5.75 Å². The molecule has 3 aromatic rings. The third-order valence-corrected chi connectivity index (χ3v) is 4.81. The molecular formula is C25H29NO. The van der Waals surface area contributed by atoms with Crippen LogP contribution in [0.2, 0.25) is 0 Å². The summed E-state index contributed by atoms with van der Waals surface area (Å²) in [6.07, 6.45) is 2.25. The van der Waals surface area contributed by atoms with Crippen molar-refractivity contribution in [2.75, 3.05) is 0 Å². The maximum atomic E-state index is 5.88. The van der Waals surface area contributed by atoms with Crippen molar-refractivity contribution in [1.82, 2.24) is 5.32 Å². The van der Waals surface area contributed by atoms with Crippen LogP contribution in [-0.4, -0.2) is 6.04 Å². The number of rotatable bonds is 9. The Labute approximate surface area is 163 Å². The van der Waals surface area contributed by atoms with E-state index in [1.54, 1.807) is 0 Å². The molecule has 27 heavy (non-hydrogen) atoms. The van der Waals surface area contributed by atoms with Crippen molar-refractivity contribution < 1.29 is 4.74 Å². The number of benzene rings is 3. The first kappa shape index (κ1) is 19.2. The topological polar surface area (TPSA) is 21.3 Å². The molecule has 140 valence electrons. The molecule has 3 aromatic carbocycles. The van der Waals surface area contributed by atoms with Gasteiger partial charge in [-0.15, -0.1) is 0 Å². The highest BCUT2D eigenvalue weighted by molar-refractivity contribution is 5.28. The smallest absolute Gasteiger partial charge is 0.119 e. The zero-order valence-electron chi connectivity index (χ0n) is 16.3. The lowest BCUT2D eigenvalue weighted by Gasteiger charge is -2.14. The van der Waals surface area contributed by atoms with Gasteiger partial charge in [-0.25, -0.2) is 0 Å². The second kappa shape index (κ2) is 9.94. The van der Waals surface area contributed by atoms with Crippen molar-refractivity contribution in [3.8, 4) is 5.75 Å². The number of aryl methyl sites for hydroxylation is 2. The molecule has 0 bridgehead atoms. The Morgan fingerprint density at radius 2 is 1.44 bits per heavy atom. The number of hydrogen-bond donors (Lipinski definition) is 1. The summed E-state index contributed by atoms with van der Waals surface area (Å²) in [5.74, 6) is 0.913. The predicted octanol–water partition coefficient (Wildman–Crippen LogP) is 5.68. The Bertz CT molecular complexity index is 794. The average molecular weight is 360 g/mol. The third-order valence-electron chi connectivity index (χ3n) is 4.81. The Kier molecular flexibility index (Phi) is 7.06. The van der Waals surface area contributed by atoms with Crippen LogP contribution < -0.4 is 10.1 Å². The van der Waals surface area contributed by atoms with Crippen LogP contribution in [0.15, 0.2) is 78.9 Å². The van der Waals surface area contributed by atoms with Crippen LogP contribution in [-0.2, 0) is 19.6 Å². The van der Waals surface area contributed by atoms with Gasteiger partial charge in [-0.1, -0.05) is 72.3 Å². The van der Waals surface area contributed by atoms with Crippen LogP contribution in [0.3, 0.4) is 0 Å². The summed E-state index contributed by atoms with van der Waals surface area (Å²) in [6.45, 7) is 5.84. The molecule has 0 aliphatic rings. The molecule has 0 aromatic heterocycles. The van der Waals surface area contributed by atoms with Gasteiger partial charge in [0, 0.05) is 12.6 Å². The monoisotopic (exact) mass is 359 g/mol. The van der Waals surface area contributed by atoms with Gasteiger partial charge < -0.3 is 10.1 Å². The molecule has 0 saturated carbocycles. The summed E-state index contributed by atoms with van der Waals surface area (Å²) in [7, 11) is 0. The Balaban J connectivity index is 1.40. The van der Waals surface area contributed by atoms with Crippen LogP contribution in [0.25, 0.3) is 0 Å². The van der Waals surface area contributed by atoms with Crippen molar-refractivity contribution >= 4 is 0 Å². The summed E-state index contributed by atoms with van der Waals surface area (Å²) in [5, 5.41) is 3.61. The van der Waals surface area contributed by atoms with Crippen molar-refractivity contribution in [1.29, 1.82) is 0 Å². The second-order valence-electron chi connectivity index (χ2n) is 7.22. The molecule has 1 atom stereocenters. The fraction of sp³-hybridized carbons (Fsp3) is 0.280. The van der Waals surface area contributed by atoms with E-state index < -0.39 is 0 Å². The maximum absolute atomic E-state index is 5.88. The molecule has 0 heterocycles. The molecule has 0 radical (unpaired) electrons. The largest absolute Gasteiger partial charge is 0.489 e. The first-order valence-electron chi connectivity index (χ1n) is 9.73. The van der Waals surface area contributed by atoms with E-state index in [0.717, 1.165) is 25.1 Å². The molecule has 3 rings (SSSR count). The molecule has 0 fully saturated rings. The van der Waals surface area contributed by atoms with E-state index in [1.165, 1.54) is 22.3 Å². The van der Waals surface area contributed by atoms with E-state index in [-0.39, 0.29) is 0 Å². The lowest BCUT2D eigenvalue weighted by Crippen LogP contribution is -2.25. The molecule has 2 nitrogen and oxygen atoms in total. The summed E-state index contributed by atoms with van der Waals surface area (Å²) in [5.41, 5.74) is 5.15. The van der Waals surface area contributed by atoms with Crippen LogP contribution in [0.1, 0.15) is 35.6 Å². The quantitative estimate of drug-likeness (QED) is 0.530. The van der Waals surface area contributed by atoms with Gasteiger partial charge in [0.1, 0.15) is 12.4 Å². The number of hydrogen-bond acceptors (Lipinski definition) is 2.